The Hall–Kier alpha value is -0.610. The molecule has 1 fully saturated rings. The van der Waals surface area contributed by atoms with E-state index in [9.17, 15) is 4.79 Å². The predicted molar refractivity (Wildman–Crippen MR) is 62.5 cm³/mol. The largest absolute Gasteiger partial charge is 0.480 e. The quantitative estimate of drug-likeness (QED) is 0.720. The first-order valence-electron chi connectivity index (χ1n) is 6.12. The maximum atomic E-state index is 10.8. The number of carboxylic acids is 1. The van der Waals surface area contributed by atoms with Gasteiger partial charge in [-0.25, -0.2) is 0 Å². The highest BCUT2D eigenvalue weighted by Crippen LogP contribution is 2.31. The molecule has 0 heterocycles. The van der Waals surface area contributed by atoms with Crippen molar-refractivity contribution in [3.8, 4) is 0 Å². The van der Waals surface area contributed by atoms with Crippen LogP contribution < -0.4 is 0 Å². The molecule has 1 saturated carbocycles. The van der Waals surface area contributed by atoms with E-state index in [2.05, 4.69) is 11.8 Å². The lowest BCUT2D eigenvalue weighted by Crippen LogP contribution is -2.39. The van der Waals surface area contributed by atoms with E-state index in [0.717, 1.165) is 25.3 Å². The molecule has 0 saturated heterocycles. The van der Waals surface area contributed by atoms with Gasteiger partial charge in [0.05, 0.1) is 13.2 Å². The molecule has 1 aliphatic rings. The molecule has 4 nitrogen and oxygen atoms in total. The minimum absolute atomic E-state index is 0.143. The molecule has 0 aliphatic heterocycles. The summed E-state index contributed by atoms with van der Waals surface area (Å²) < 4.78 is 5.03. The molecule has 0 bridgehead atoms. The van der Waals surface area contributed by atoms with Gasteiger partial charge in [-0.05, 0) is 25.2 Å². The number of hydrogen-bond acceptors (Lipinski definition) is 3. The molecule has 0 aromatic heterocycles. The summed E-state index contributed by atoms with van der Waals surface area (Å²) in [6.45, 7) is 3.69. The van der Waals surface area contributed by atoms with E-state index in [1.807, 2.05) is 0 Å². The van der Waals surface area contributed by atoms with Gasteiger partial charge >= 0.3 is 5.97 Å². The maximum absolute atomic E-state index is 10.8. The zero-order valence-corrected chi connectivity index (χ0v) is 10.3. The van der Waals surface area contributed by atoms with Gasteiger partial charge < -0.3 is 9.84 Å². The van der Waals surface area contributed by atoms with Gasteiger partial charge in [-0.1, -0.05) is 13.3 Å². The van der Waals surface area contributed by atoms with Gasteiger partial charge in [0.15, 0.2) is 0 Å². The highest BCUT2D eigenvalue weighted by atomic mass is 16.5. The van der Waals surface area contributed by atoms with E-state index in [1.54, 1.807) is 7.11 Å². The fourth-order valence-corrected chi connectivity index (χ4v) is 2.52. The lowest BCUT2D eigenvalue weighted by atomic mass is 10.1. The van der Waals surface area contributed by atoms with Crippen LogP contribution in [0, 0.1) is 5.92 Å². The lowest BCUT2D eigenvalue weighted by molar-refractivity contribution is -0.139. The summed E-state index contributed by atoms with van der Waals surface area (Å²) in [5, 5.41) is 8.88. The van der Waals surface area contributed by atoms with Crippen LogP contribution in [0.1, 0.15) is 32.6 Å². The standard InChI is InChI=1S/C12H23NO3/c1-3-10-4-5-11(8-10)13(6-7-16-2)9-12(14)15/h10-11H,3-9H2,1-2H3,(H,14,15). The summed E-state index contributed by atoms with van der Waals surface area (Å²) in [7, 11) is 1.66. The molecular weight excluding hydrogens is 206 g/mol. The van der Waals surface area contributed by atoms with Crippen molar-refractivity contribution in [2.24, 2.45) is 5.92 Å². The third-order valence-corrected chi connectivity index (χ3v) is 3.53. The Labute approximate surface area is 97.6 Å². The SMILES string of the molecule is CCC1CCC(N(CCOC)CC(=O)O)C1. The summed E-state index contributed by atoms with van der Waals surface area (Å²) in [6, 6.07) is 0.441. The number of nitrogens with zero attached hydrogens (tertiary/aromatic N) is 1. The molecule has 0 aromatic rings. The van der Waals surface area contributed by atoms with Crippen LogP contribution >= 0.6 is 0 Å². The minimum Gasteiger partial charge on any atom is -0.480 e. The number of carboxylic acid groups (broad SMARTS) is 1. The van der Waals surface area contributed by atoms with Gasteiger partial charge in [0.2, 0.25) is 0 Å². The van der Waals surface area contributed by atoms with Gasteiger partial charge in [0.25, 0.3) is 0 Å². The van der Waals surface area contributed by atoms with E-state index in [0.29, 0.717) is 12.6 Å². The van der Waals surface area contributed by atoms with E-state index in [1.165, 1.54) is 12.8 Å². The number of methoxy groups -OCH3 is 1. The molecule has 0 spiro atoms. The van der Waals surface area contributed by atoms with Crippen molar-refractivity contribution >= 4 is 5.97 Å². The Morgan fingerprint density at radius 3 is 2.75 bits per heavy atom. The number of carbonyl (C=O) groups is 1. The van der Waals surface area contributed by atoms with Crippen molar-refractivity contribution in [2.45, 2.75) is 38.6 Å². The summed E-state index contributed by atoms with van der Waals surface area (Å²) in [6.07, 6.45) is 4.73. The Bertz CT molecular complexity index is 220. The van der Waals surface area contributed by atoms with E-state index in [4.69, 9.17) is 9.84 Å². The Balaban J connectivity index is 2.44. The fourth-order valence-electron chi connectivity index (χ4n) is 2.52. The van der Waals surface area contributed by atoms with Crippen molar-refractivity contribution < 1.29 is 14.6 Å². The number of rotatable bonds is 7. The highest BCUT2D eigenvalue weighted by molar-refractivity contribution is 5.69. The Morgan fingerprint density at radius 1 is 1.50 bits per heavy atom. The van der Waals surface area contributed by atoms with Crippen LogP contribution in [0.15, 0.2) is 0 Å². The second-order valence-electron chi connectivity index (χ2n) is 4.60. The monoisotopic (exact) mass is 229 g/mol. The van der Waals surface area contributed by atoms with Crippen LogP contribution in [0.25, 0.3) is 0 Å². The van der Waals surface area contributed by atoms with Gasteiger partial charge in [0, 0.05) is 19.7 Å². The normalized spacial score (nSPS) is 25.2. The molecule has 4 heteroatoms. The topological polar surface area (TPSA) is 49.8 Å². The predicted octanol–water partition coefficient (Wildman–Crippen LogP) is 1.60. The van der Waals surface area contributed by atoms with Crippen molar-refractivity contribution in [3.63, 3.8) is 0 Å². The highest BCUT2D eigenvalue weighted by Gasteiger charge is 2.28. The first-order valence-corrected chi connectivity index (χ1v) is 6.12. The molecule has 1 N–H and O–H groups in total. The Morgan fingerprint density at radius 2 is 2.25 bits per heavy atom. The van der Waals surface area contributed by atoms with Crippen molar-refractivity contribution in [1.29, 1.82) is 0 Å². The van der Waals surface area contributed by atoms with Crippen LogP contribution in [0.4, 0.5) is 0 Å². The van der Waals surface area contributed by atoms with Gasteiger partial charge in [-0.2, -0.15) is 0 Å². The molecule has 2 unspecified atom stereocenters. The molecule has 0 radical (unpaired) electrons. The van der Waals surface area contributed by atoms with Crippen LogP contribution in [-0.2, 0) is 9.53 Å². The number of aliphatic carboxylic acids is 1. The summed E-state index contributed by atoms with van der Waals surface area (Å²) in [5.41, 5.74) is 0. The third-order valence-electron chi connectivity index (χ3n) is 3.53. The number of hydrogen-bond donors (Lipinski definition) is 1. The van der Waals surface area contributed by atoms with Crippen molar-refractivity contribution in [3.05, 3.63) is 0 Å². The average Bonchev–Trinajstić information content (AvgIpc) is 2.72. The molecule has 1 aliphatic carbocycles. The summed E-state index contributed by atoms with van der Waals surface area (Å²) in [5.74, 6) is 0.0416. The third kappa shape index (κ3) is 4.10. The molecule has 1 rings (SSSR count). The summed E-state index contributed by atoms with van der Waals surface area (Å²) >= 11 is 0. The van der Waals surface area contributed by atoms with Crippen LogP contribution in [0.2, 0.25) is 0 Å². The van der Waals surface area contributed by atoms with E-state index < -0.39 is 5.97 Å². The molecule has 16 heavy (non-hydrogen) atoms. The second-order valence-corrected chi connectivity index (χ2v) is 4.60. The van der Waals surface area contributed by atoms with E-state index in [-0.39, 0.29) is 6.54 Å². The first-order chi connectivity index (χ1) is 7.67. The smallest absolute Gasteiger partial charge is 0.317 e. The second kappa shape index (κ2) is 6.86. The molecule has 0 aromatic carbocycles. The summed E-state index contributed by atoms with van der Waals surface area (Å²) in [4.78, 5) is 12.9. The Kier molecular flexibility index (Phi) is 5.77. The zero-order valence-electron chi connectivity index (χ0n) is 10.3. The van der Waals surface area contributed by atoms with Crippen LogP contribution in [-0.4, -0.2) is 48.8 Å². The van der Waals surface area contributed by atoms with Gasteiger partial charge in [-0.15, -0.1) is 0 Å². The fraction of sp³-hybridized carbons (Fsp3) is 0.917. The molecule has 0 amide bonds. The first kappa shape index (κ1) is 13.5. The molecule has 2 atom stereocenters. The number of ether oxygens (including phenoxy) is 1. The lowest BCUT2D eigenvalue weighted by Gasteiger charge is -2.27. The molecule has 94 valence electrons. The van der Waals surface area contributed by atoms with Crippen molar-refractivity contribution in [2.75, 3.05) is 26.8 Å². The average molecular weight is 229 g/mol. The van der Waals surface area contributed by atoms with Crippen LogP contribution in [0.3, 0.4) is 0 Å². The van der Waals surface area contributed by atoms with Gasteiger partial charge in [0.1, 0.15) is 0 Å². The molecular formula is C12H23NO3. The zero-order chi connectivity index (χ0) is 12.0. The van der Waals surface area contributed by atoms with Crippen LogP contribution in [0.5, 0.6) is 0 Å². The van der Waals surface area contributed by atoms with Crippen molar-refractivity contribution in [1.82, 2.24) is 4.90 Å². The minimum atomic E-state index is -0.740. The maximum Gasteiger partial charge on any atom is 0.317 e. The van der Waals surface area contributed by atoms with Gasteiger partial charge in [-0.3, -0.25) is 9.69 Å². The van der Waals surface area contributed by atoms with E-state index >= 15 is 0 Å².